The van der Waals surface area contributed by atoms with Gasteiger partial charge in [-0.3, -0.25) is 0 Å². The van der Waals surface area contributed by atoms with Gasteiger partial charge < -0.3 is 4.42 Å². The SMILES string of the molecule is C1=CC2CC2C=C1c1nc(-c2ccc3c(c2)c2cc4c(c5oc6cccc3c6c52)C/C=C\C/C=C\4)nc2ccccc12. The molecule has 1 fully saturated rings. The van der Waals surface area contributed by atoms with Gasteiger partial charge in [0.25, 0.3) is 0 Å². The van der Waals surface area contributed by atoms with Gasteiger partial charge in [-0.15, -0.1) is 0 Å². The van der Waals surface area contributed by atoms with Crippen LogP contribution in [0.5, 0.6) is 0 Å². The summed E-state index contributed by atoms with van der Waals surface area (Å²) in [5.41, 5.74) is 8.71. The van der Waals surface area contributed by atoms with Crippen LogP contribution in [0.25, 0.3) is 77.4 Å². The normalized spacial score (nSPS) is 21.0. The number of aromatic nitrogens is 2. The van der Waals surface area contributed by atoms with E-state index in [9.17, 15) is 0 Å². The van der Waals surface area contributed by atoms with E-state index in [2.05, 4.69) is 109 Å². The third-order valence-corrected chi connectivity index (χ3v) is 9.51. The van der Waals surface area contributed by atoms with E-state index in [0.29, 0.717) is 11.8 Å². The smallest absolute Gasteiger partial charge is 0.160 e. The second-order valence-corrected chi connectivity index (χ2v) is 12.0. The van der Waals surface area contributed by atoms with E-state index in [1.165, 1.54) is 55.4 Å². The lowest BCUT2D eigenvalue weighted by Gasteiger charge is -2.14. The van der Waals surface area contributed by atoms with Crippen molar-refractivity contribution in [2.45, 2.75) is 19.3 Å². The van der Waals surface area contributed by atoms with E-state index in [0.717, 1.165) is 52.0 Å². The van der Waals surface area contributed by atoms with E-state index in [4.69, 9.17) is 14.4 Å². The molecule has 1 saturated carbocycles. The summed E-state index contributed by atoms with van der Waals surface area (Å²) in [5.74, 6) is 2.14. The number of nitrogens with zero attached hydrogens (tertiary/aromatic N) is 2. The Balaban J connectivity index is 1.27. The lowest BCUT2D eigenvalue weighted by Crippen LogP contribution is -1.99. The Morgan fingerprint density at radius 1 is 0.714 bits per heavy atom. The van der Waals surface area contributed by atoms with E-state index >= 15 is 0 Å². The van der Waals surface area contributed by atoms with Crippen molar-refractivity contribution in [3.8, 4) is 11.4 Å². The topological polar surface area (TPSA) is 38.9 Å². The quantitative estimate of drug-likeness (QED) is 0.162. The van der Waals surface area contributed by atoms with E-state index in [1.807, 2.05) is 0 Å². The summed E-state index contributed by atoms with van der Waals surface area (Å²) in [5, 5.41) is 8.45. The molecule has 2 heterocycles. The molecule has 7 aromatic rings. The number of fused-ring (bicyclic) bond motifs is 7. The van der Waals surface area contributed by atoms with Crippen molar-refractivity contribution in [3.63, 3.8) is 0 Å². The molecule has 2 atom stereocenters. The van der Waals surface area contributed by atoms with Crippen LogP contribution < -0.4 is 0 Å². The van der Waals surface area contributed by atoms with Crippen molar-refractivity contribution >= 4 is 66.0 Å². The molecular weight excluding hydrogens is 512 g/mol. The van der Waals surface area contributed by atoms with Crippen LogP contribution in [0.3, 0.4) is 0 Å². The maximum absolute atomic E-state index is 6.63. The zero-order valence-electron chi connectivity index (χ0n) is 23.0. The Morgan fingerprint density at radius 2 is 1.67 bits per heavy atom. The minimum Gasteiger partial charge on any atom is -0.456 e. The highest BCUT2D eigenvalue weighted by Gasteiger charge is 2.35. The molecule has 0 N–H and O–H groups in total. The average Bonchev–Trinajstić information content (AvgIpc) is 3.70. The molecule has 2 aromatic heterocycles. The van der Waals surface area contributed by atoms with Crippen LogP contribution in [0.2, 0.25) is 0 Å². The van der Waals surface area contributed by atoms with Crippen molar-refractivity contribution in [2.24, 2.45) is 11.8 Å². The molecule has 3 heteroatoms. The Hall–Kier alpha value is -5.02. The Bertz CT molecular complexity index is 2400. The monoisotopic (exact) mass is 538 g/mol. The van der Waals surface area contributed by atoms with Crippen LogP contribution in [0, 0.1) is 11.8 Å². The molecule has 0 bridgehead atoms. The molecule has 10 rings (SSSR count). The van der Waals surface area contributed by atoms with Crippen LogP contribution in [-0.2, 0) is 6.42 Å². The fraction of sp³-hybridized carbons (Fsp3) is 0.128. The van der Waals surface area contributed by atoms with Gasteiger partial charge in [0.2, 0.25) is 0 Å². The average molecular weight is 539 g/mol. The molecule has 0 aliphatic heterocycles. The first-order chi connectivity index (χ1) is 20.8. The zero-order valence-corrected chi connectivity index (χ0v) is 23.0. The highest BCUT2D eigenvalue weighted by atomic mass is 16.3. The Labute approximate surface area is 242 Å². The Morgan fingerprint density at radius 3 is 2.64 bits per heavy atom. The molecule has 0 spiro atoms. The summed E-state index contributed by atoms with van der Waals surface area (Å²) in [4.78, 5) is 10.3. The number of rotatable bonds is 2. The molecule has 3 aliphatic rings. The van der Waals surface area contributed by atoms with E-state index in [-0.39, 0.29) is 0 Å². The fourth-order valence-corrected chi connectivity index (χ4v) is 7.32. The molecule has 2 unspecified atom stereocenters. The van der Waals surface area contributed by atoms with Gasteiger partial charge in [-0.25, -0.2) is 9.97 Å². The summed E-state index contributed by atoms with van der Waals surface area (Å²) in [6.07, 6.45) is 19.1. The summed E-state index contributed by atoms with van der Waals surface area (Å²) < 4.78 is 6.63. The molecular formula is C39H26N2O. The van der Waals surface area contributed by atoms with Gasteiger partial charge in [0, 0.05) is 27.3 Å². The van der Waals surface area contributed by atoms with Gasteiger partial charge in [0.05, 0.1) is 11.2 Å². The Kier molecular flexibility index (Phi) is 4.46. The maximum Gasteiger partial charge on any atom is 0.160 e. The van der Waals surface area contributed by atoms with Crippen LogP contribution in [0.15, 0.2) is 108 Å². The zero-order chi connectivity index (χ0) is 27.4. The van der Waals surface area contributed by atoms with Crippen LogP contribution in [0.4, 0.5) is 0 Å². The van der Waals surface area contributed by atoms with Crippen molar-refractivity contribution < 1.29 is 4.42 Å². The van der Waals surface area contributed by atoms with Crippen LogP contribution in [0.1, 0.15) is 29.7 Å². The van der Waals surface area contributed by atoms with Crippen molar-refractivity contribution in [2.75, 3.05) is 0 Å². The van der Waals surface area contributed by atoms with Gasteiger partial charge in [-0.1, -0.05) is 85.0 Å². The fourth-order valence-electron chi connectivity index (χ4n) is 7.32. The van der Waals surface area contributed by atoms with Gasteiger partial charge in [-0.05, 0) is 88.0 Å². The molecule has 0 saturated heterocycles. The highest BCUT2D eigenvalue weighted by molar-refractivity contribution is 6.33. The third-order valence-electron chi connectivity index (χ3n) is 9.51. The first kappa shape index (κ1) is 22.6. The van der Waals surface area contributed by atoms with Gasteiger partial charge >= 0.3 is 0 Å². The summed E-state index contributed by atoms with van der Waals surface area (Å²) in [7, 11) is 0. The second kappa shape index (κ2) is 8.27. The number of para-hydroxylation sites is 1. The number of benzene rings is 5. The minimum atomic E-state index is 0.655. The van der Waals surface area contributed by atoms with Gasteiger partial charge in [-0.2, -0.15) is 0 Å². The van der Waals surface area contributed by atoms with Crippen molar-refractivity contribution in [1.82, 2.24) is 9.97 Å². The third kappa shape index (κ3) is 3.16. The van der Waals surface area contributed by atoms with Gasteiger partial charge in [0.1, 0.15) is 11.2 Å². The molecule has 3 nitrogen and oxygen atoms in total. The number of hydrogen-bond donors (Lipinski definition) is 0. The van der Waals surface area contributed by atoms with E-state index < -0.39 is 0 Å². The lowest BCUT2D eigenvalue weighted by molar-refractivity contribution is 0.664. The summed E-state index contributed by atoms with van der Waals surface area (Å²) >= 11 is 0. The molecule has 198 valence electrons. The van der Waals surface area contributed by atoms with Crippen molar-refractivity contribution in [1.29, 1.82) is 0 Å². The van der Waals surface area contributed by atoms with Gasteiger partial charge in [0.15, 0.2) is 5.82 Å². The number of furan rings is 1. The number of hydrogen-bond acceptors (Lipinski definition) is 3. The second-order valence-electron chi connectivity index (χ2n) is 12.0. The summed E-state index contributed by atoms with van der Waals surface area (Å²) in [6, 6.07) is 24.0. The molecule has 42 heavy (non-hydrogen) atoms. The molecule has 0 amide bonds. The largest absolute Gasteiger partial charge is 0.456 e. The first-order valence-electron chi connectivity index (χ1n) is 15.0. The lowest BCUT2D eigenvalue weighted by atomic mass is 9.89. The predicted octanol–water partition coefficient (Wildman–Crippen LogP) is 10.0. The van der Waals surface area contributed by atoms with Crippen LogP contribution >= 0.6 is 0 Å². The minimum absolute atomic E-state index is 0.655. The predicted molar refractivity (Wildman–Crippen MR) is 174 cm³/mol. The maximum atomic E-state index is 6.63. The number of allylic oxidation sites excluding steroid dienone is 7. The van der Waals surface area contributed by atoms with Crippen molar-refractivity contribution in [3.05, 3.63) is 120 Å². The standard InChI is InChI=1S/C39H26N2O/c1-2-4-9-27-23(8-3-1)20-32-31-21-25(16-17-28(31)29-11-7-13-34-35(29)36(32)38(27)42-34)39-40-33-12-6-5-10-30(33)37(41-39)24-15-14-22-18-26(22)19-24/h2-8,10-17,19-22,26H,1,9,18H2/b4-2-,8-3-. The first-order valence-corrected chi connectivity index (χ1v) is 15.0. The van der Waals surface area contributed by atoms with Crippen LogP contribution in [-0.4, -0.2) is 9.97 Å². The molecule has 0 radical (unpaired) electrons. The highest BCUT2D eigenvalue weighted by Crippen LogP contribution is 2.47. The molecule has 3 aliphatic carbocycles. The van der Waals surface area contributed by atoms with E-state index in [1.54, 1.807) is 0 Å². The molecule has 5 aromatic carbocycles. The summed E-state index contributed by atoms with van der Waals surface area (Å²) in [6.45, 7) is 0.